The van der Waals surface area contributed by atoms with Crippen molar-refractivity contribution in [2.75, 3.05) is 6.54 Å². The van der Waals surface area contributed by atoms with Gasteiger partial charge in [0.1, 0.15) is 6.54 Å². The van der Waals surface area contributed by atoms with E-state index in [1.165, 1.54) is 11.8 Å². The van der Waals surface area contributed by atoms with E-state index in [0.29, 0.717) is 0 Å². The molecule has 2 aromatic carbocycles. The summed E-state index contributed by atoms with van der Waals surface area (Å²) >= 11 is 0. The third-order valence-electron chi connectivity index (χ3n) is 4.81. The normalized spacial score (nSPS) is 17.1. The molecule has 0 saturated heterocycles. The van der Waals surface area contributed by atoms with E-state index in [4.69, 9.17) is 0 Å². The van der Waals surface area contributed by atoms with Crippen molar-refractivity contribution in [2.24, 2.45) is 0 Å². The summed E-state index contributed by atoms with van der Waals surface area (Å²) in [5, 5.41) is 1.86. The lowest BCUT2D eigenvalue weighted by Gasteiger charge is -2.17. The van der Waals surface area contributed by atoms with Crippen LogP contribution < -0.4 is 0 Å². The van der Waals surface area contributed by atoms with Gasteiger partial charge < -0.3 is 0 Å². The van der Waals surface area contributed by atoms with Crippen molar-refractivity contribution in [2.45, 2.75) is 38.0 Å². The predicted octanol–water partition coefficient (Wildman–Crippen LogP) is 3.50. The first-order valence-electron chi connectivity index (χ1n) is 7.34. The van der Waals surface area contributed by atoms with Crippen molar-refractivity contribution in [3.05, 3.63) is 35.9 Å². The fourth-order valence-electron chi connectivity index (χ4n) is 3.44. The second-order valence-corrected chi connectivity index (χ2v) is 7.69. The van der Waals surface area contributed by atoms with E-state index < -0.39 is 10.1 Å². The fourth-order valence-corrected chi connectivity index (χ4v) is 3.94. The molecule has 116 valence electrons. The van der Waals surface area contributed by atoms with E-state index in [1.807, 2.05) is 6.07 Å². The molecule has 0 atom stereocenters. The number of hydrogen-bond acceptors (Lipinski definition) is 2. The minimum absolute atomic E-state index is 0.0585. The molecule has 5 heteroatoms. The van der Waals surface area contributed by atoms with Crippen LogP contribution >= 0.6 is 0 Å². The SMILES string of the molecule is CC[N+]1=C(C)C(C)(C)c2c1ccc1ccc(S(=O)(=O)O)cc21. The highest BCUT2D eigenvalue weighted by molar-refractivity contribution is 7.85. The molecule has 4 nitrogen and oxygen atoms in total. The number of nitrogens with zero attached hydrogens (tertiary/aromatic N) is 1. The van der Waals surface area contributed by atoms with Gasteiger partial charge in [0.05, 0.1) is 10.3 Å². The Labute approximate surface area is 130 Å². The monoisotopic (exact) mass is 318 g/mol. The van der Waals surface area contributed by atoms with Crippen LogP contribution in [0.2, 0.25) is 0 Å². The van der Waals surface area contributed by atoms with Crippen LogP contribution in [0.4, 0.5) is 5.69 Å². The zero-order valence-electron chi connectivity index (χ0n) is 13.2. The Kier molecular flexibility index (Phi) is 3.20. The lowest BCUT2D eigenvalue weighted by atomic mass is 9.80. The Morgan fingerprint density at radius 1 is 1.18 bits per heavy atom. The average molecular weight is 318 g/mol. The van der Waals surface area contributed by atoms with Crippen LogP contribution in [-0.4, -0.2) is 29.8 Å². The molecule has 1 aliphatic rings. The molecule has 0 bridgehead atoms. The molecule has 3 rings (SSSR count). The standard InChI is InChI=1S/C17H19NO3S/c1-5-18-11(2)17(3,4)16-14-10-13(22(19,20)21)8-6-12(14)7-9-15(16)18/h6-10H,5H2,1-4H3/p+1. The van der Waals surface area contributed by atoms with Gasteiger partial charge in [-0.2, -0.15) is 13.0 Å². The Balaban J connectivity index is 2.42. The Morgan fingerprint density at radius 2 is 1.82 bits per heavy atom. The average Bonchev–Trinajstić information content (AvgIpc) is 2.64. The third-order valence-corrected chi connectivity index (χ3v) is 5.66. The molecular weight excluding hydrogens is 298 g/mol. The van der Waals surface area contributed by atoms with Crippen molar-refractivity contribution < 1.29 is 17.5 Å². The highest BCUT2D eigenvalue weighted by Gasteiger charge is 2.43. The Bertz CT molecular complexity index is 924. The summed E-state index contributed by atoms with van der Waals surface area (Å²) < 4.78 is 34.5. The van der Waals surface area contributed by atoms with Gasteiger partial charge in [0.25, 0.3) is 10.1 Å². The van der Waals surface area contributed by atoms with E-state index in [0.717, 1.165) is 28.6 Å². The smallest absolute Gasteiger partial charge is 0.282 e. The summed E-state index contributed by atoms with van der Waals surface area (Å²) in [6, 6.07) is 8.86. The van der Waals surface area contributed by atoms with E-state index in [2.05, 4.69) is 38.3 Å². The molecule has 22 heavy (non-hydrogen) atoms. The Morgan fingerprint density at radius 3 is 2.41 bits per heavy atom. The van der Waals surface area contributed by atoms with Gasteiger partial charge in [0, 0.05) is 18.6 Å². The quantitative estimate of drug-likeness (QED) is 0.681. The summed E-state index contributed by atoms with van der Waals surface area (Å²) in [6.45, 7) is 9.38. The lowest BCUT2D eigenvalue weighted by molar-refractivity contribution is -0.434. The fraction of sp³-hybridized carbons (Fsp3) is 0.353. The van der Waals surface area contributed by atoms with Gasteiger partial charge in [-0.3, -0.25) is 4.55 Å². The van der Waals surface area contributed by atoms with Gasteiger partial charge in [0.15, 0.2) is 5.71 Å². The molecule has 0 amide bonds. The van der Waals surface area contributed by atoms with Gasteiger partial charge in [0.2, 0.25) is 5.69 Å². The minimum Gasteiger partial charge on any atom is -0.282 e. The van der Waals surface area contributed by atoms with Crippen LogP contribution in [0.3, 0.4) is 0 Å². The van der Waals surface area contributed by atoms with E-state index in [1.54, 1.807) is 12.1 Å². The maximum absolute atomic E-state index is 11.5. The topological polar surface area (TPSA) is 57.4 Å². The number of benzene rings is 2. The first-order valence-corrected chi connectivity index (χ1v) is 8.78. The zero-order valence-corrected chi connectivity index (χ0v) is 14.0. The van der Waals surface area contributed by atoms with Crippen molar-refractivity contribution in [1.82, 2.24) is 0 Å². The first-order chi connectivity index (χ1) is 10.2. The highest BCUT2D eigenvalue weighted by Crippen LogP contribution is 2.44. The third kappa shape index (κ3) is 2.00. The Hall–Kier alpha value is -1.72. The number of rotatable bonds is 2. The molecule has 0 aliphatic carbocycles. The predicted molar refractivity (Wildman–Crippen MR) is 87.9 cm³/mol. The lowest BCUT2D eigenvalue weighted by Crippen LogP contribution is -2.26. The van der Waals surface area contributed by atoms with Crippen LogP contribution in [0.5, 0.6) is 0 Å². The van der Waals surface area contributed by atoms with Gasteiger partial charge in [-0.25, -0.2) is 0 Å². The summed E-state index contributed by atoms with van der Waals surface area (Å²) in [4.78, 5) is -0.0585. The largest absolute Gasteiger partial charge is 0.294 e. The molecular formula is C17H20NO3S+. The van der Waals surface area contributed by atoms with Crippen LogP contribution in [-0.2, 0) is 15.5 Å². The zero-order chi connectivity index (χ0) is 16.3. The van der Waals surface area contributed by atoms with E-state index in [9.17, 15) is 13.0 Å². The van der Waals surface area contributed by atoms with Crippen molar-refractivity contribution in [3.8, 4) is 0 Å². The minimum atomic E-state index is -4.20. The van der Waals surface area contributed by atoms with E-state index >= 15 is 0 Å². The second-order valence-electron chi connectivity index (χ2n) is 6.27. The van der Waals surface area contributed by atoms with Gasteiger partial charge in [-0.1, -0.05) is 6.07 Å². The van der Waals surface area contributed by atoms with Crippen LogP contribution in [0.15, 0.2) is 35.2 Å². The molecule has 0 unspecified atom stereocenters. The van der Waals surface area contributed by atoms with Crippen molar-refractivity contribution >= 4 is 32.3 Å². The summed E-state index contributed by atoms with van der Waals surface area (Å²) in [7, 11) is -4.20. The molecule has 1 aliphatic heterocycles. The number of fused-ring (bicyclic) bond motifs is 3. The number of hydrogen-bond donors (Lipinski definition) is 1. The summed E-state index contributed by atoms with van der Waals surface area (Å²) in [5.41, 5.74) is 3.30. The second kappa shape index (κ2) is 4.64. The van der Waals surface area contributed by atoms with Crippen molar-refractivity contribution in [3.63, 3.8) is 0 Å². The van der Waals surface area contributed by atoms with Gasteiger partial charge in [-0.05, 0) is 49.7 Å². The van der Waals surface area contributed by atoms with Gasteiger partial charge in [-0.15, -0.1) is 0 Å². The van der Waals surface area contributed by atoms with Crippen molar-refractivity contribution in [1.29, 1.82) is 0 Å². The summed E-state index contributed by atoms with van der Waals surface area (Å²) in [6.07, 6.45) is 0. The van der Waals surface area contributed by atoms with Crippen LogP contribution in [0.1, 0.15) is 33.3 Å². The first kappa shape index (κ1) is 15.2. The molecule has 0 spiro atoms. The molecule has 0 fully saturated rings. The maximum Gasteiger partial charge on any atom is 0.294 e. The van der Waals surface area contributed by atoms with E-state index in [-0.39, 0.29) is 10.3 Å². The molecule has 1 N–H and O–H groups in total. The van der Waals surface area contributed by atoms with Crippen LogP contribution in [0.25, 0.3) is 10.8 Å². The molecule has 2 aromatic rings. The molecule has 0 radical (unpaired) electrons. The van der Waals surface area contributed by atoms with Crippen LogP contribution in [0, 0.1) is 0 Å². The summed E-state index contributed by atoms with van der Waals surface area (Å²) in [5.74, 6) is 0. The molecule has 0 saturated carbocycles. The van der Waals surface area contributed by atoms with Gasteiger partial charge >= 0.3 is 0 Å². The maximum atomic E-state index is 11.5. The molecule has 0 aromatic heterocycles. The molecule has 1 heterocycles. The highest BCUT2D eigenvalue weighted by atomic mass is 32.2.